The Kier molecular flexibility index (Phi) is 3.17. The van der Waals surface area contributed by atoms with Crippen LogP contribution in [0, 0.1) is 11.3 Å². The van der Waals surface area contributed by atoms with E-state index in [0.29, 0.717) is 18.7 Å². The van der Waals surface area contributed by atoms with Crippen molar-refractivity contribution in [3.8, 4) is 6.07 Å². The number of aliphatic carboxylic acids is 1. The first kappa shape index (κ1) is 12.3. The van der Waals surface area contributed by atoms with Gasteiger partial charge in [0.2, 0.25) is 0 Å². The number of anilines is 1. The van der Waals surface area contributed by atoms with E-state index < -0.39 is 11.6 Å². The molecule has 0 bridgehead atoms. The highest BCUT2D eigenvalue weighted by atomic mass is 16.5. The van der Waals surface area contributed by atoms with Gasteiger partial charge in [-0.15, -0.1) is 0 Å². The molecule has 1 N–H and O–H groups in total. The van der Waals surface area contributed by atoms with Crippen molar-refractivity contribution in [2.75, 3.05) is 24.6 Å². The van der Waals surface area contributed by atoms with Gasteiger partial charge >= 0.3 is 5.97 Å². The van der Waals surface area contributed by atoms with Crippen LogP contribution < -0.4 is 4.90 Å². The lowest BCUT2D eigenvalue weighted by molar-refractivity contribution is -0.150. The Morgan fingerprint density at radius 1 is 1.72 bits per heavy atom. The second kappa shape index (κ2) is 4.63. The average Bonchev–Trinajstić information content (AvgIpc) is 2.33. The van der Waals surface area contributed by atoms with Gasteiger partial charge in [-0.25, -0.2) is 4.79 Å². The van der Waals surface area contributed by atoms with Gasteiger partial charge in [-0.3, -0.25) is 4.98 Å². The number of nitrogens with zero attached hydrogens (tertiary/aromatic N) is 3. The number of aromatic nitrogens is 1. The fraction of sp³-hybridized carbons (Fsp3) is 0.417. The molecule has 0 amide bonds. The number of rotatable bonds is 4. The van der Waals surface area contributed by atoms with Gasteiger partial charge in [0.25, 0.3) is 0 Å². The lowest BCUT2D eigenvalue weighted by Gasteiger charge is -2.48. The molecule has 6 heteroatoms. The Labute approximate surface area is 104 Å². The number of hydrogen-bond acceptors (Lipinski definition) is 5. The summed E-state index contributed by atoms with van der Waals surface area (Å²) < 4.78 is 5.31. The summed E-state index contributed by atoms with van der Waals surface area (Å²) in [6.45, 7) is 2.67. The fourth-order valence-electron chi connectivity index (χ4n) is 1.99. The van der Waals surface area contributed by atoms with E-state index >= 15 is 0 Å². The van der Waals surface area contributed by atoms with Gasteiger partial charge in [-0.2, -0.15) is 5.26 Å². The average molecular weight is 247 g/mol. The van der Waals surface area contributed by atoms with E-state index in [-0.39, 0.29) is 6.61 Å². The highest BCUT2D eigenvalue weighted by molar-refractivity contribution is 5.68. The predicted octanol–water partition coefficient (Wildman–Crippen LogP) is 0.633. The van der Waals surface area contributed by atoms with Crippen LogP contribution >= 0.6 is 0 Å². The van der Waals surface area contributed by atoms with Gasteiger partial charge in [-0.05, 0) is 13.0 Å². The quantitative estimate of drug-likeness (QED) is 0.839. The molecule has 1 aliphatic rings. The third-order valence-electron chi connectivity index (χ3n) is 2.86. The van der Waals surface area contributed by atoms with Crippen molar-refractivity contribution in [3.05, 3.63) is 24.0 Å². The van der Waals surface area contributed by atoms with Crippen molar-refractivity contribution in [1.29, 1.82) is 5.26 Å². The van der Waals surface area contributed by atoms with Crippen LogP contribution in [0.5, 0.6) is 0 Å². The van der Waals surface area contributed by atoms with E-state index in [1.807, 2.05) is 11.8 Å². The monoisotopic (exact) mass is 247 g/mol. The minimum absolute atomic E-state index is 0.303. The van der Waals surface area contributed by atoms with Crippen LogP contribution in [0.2, 0.25) is 0 Å². The molecule has 1 aromatic rings. The highest BCUT2D eigenvalue weighted by Crippen LogP contribution is 2.31. The molecule has 1 aromatic heterocycles. The van der Waals surface area contributed by atoms with Crippen LogP contribution in [0.25, 0.3) is 0 Å². The first-order valence-corrected chi connectivity index (χ1v) is 5.49. The summed E-state index contributed by atoms with van der Waals surface area (Å²) in [5.74, 6) is -0.978. The molecule has 0 radical (unpaired) electrons. The molecule has 94 valence electrons. The molecule has 0 saturated carbocycles. The lowest BCUT2D eigenvalue weighted by atomic mass is 9.95. The highest BCUT2D eigenvalue weighted by Gasteiger charge is 2.41. The van der Waals surface area contributed by atoms with Crippen molar-refractivity contribution in [2.24, 2.45) is 0 Å². The van der Waals surface area contributed by atoms with Gasteiger partial charge in [0.1, 0.15) is 18.3 Å². The third kappa shape index (κ3) is 2.41. The zero-order chi connectivity index (χ0) is 13.2. The summed E-state index contributed by atoms with van der Waals surface area (Å²) in [7, 11) is 0. The van der Waals surface area contributed by atoms with Crippen LogP contribution in [-0.4, -0.2) is 41.4 Å². The molecule has 0 atom stereocenters. The normalized spacial score (nSPS) is 16.8. The summed E-state index contributed by atoms with van der Waals surface area (Å²) in [6.07, 6.45) is 3.21. The van der Waals surface area contributed by atoms with E-state index in [1.54, 1.807) is 18.5 Å². The Morgan fingerprint density at radius 3 is 3.06 bits per heavy atom. The first-order chi connectivity index (χ1) is 8.54. The number of ether oxygens (including phenoxy) is 1. The molecule has 1 aliphatic heterocycles. The van der Waals surface area contributed by atoms with E-state index in [9.17, 15) is 4.79 Å². The standard InChI is InChI=1S/C12H13N3O3/c1-12(18-6-11(16)17)7-15(8-12)10-5-14-3-2-9(10)4-13/h2-3,5H,6-8H2,1H3,(H,16,17). The molecule has 2 rings (SSSR count). The van der Waals surface area contributed by atoms with Crippen molar-refractivity contribution in [1.82, 2.24) is 4.98 Å². The zero-order valence-electron chi connectivity index (χ0n) is 9.96. The van der Waals surface area contributed by atoms with E-state index in [0.717, 1.165) is 5.69 Å². The van der Waals surface area contributed by atoms with Crippen molar-refractivity contribution >= 4 is 11.7 Å². The Bertz CT molecular complexity index is 504. The van der Waals surface area contributed by atoms with Crippen LogP contribution in [0.3, 0.4) is 0 Å². The first-order valence-electron chi connectivity index (χ1n) is 5.49. The number of nitriles is 1. The molecule has 0 spiro atoms. The SMILES string of the molecule is CC1(OCC(=O)O)CN(c2cnccc2C#N)C1. The molecule has 0 unspecified atom stereocenters. The number of pyridine rings is 1. The maximum atomic E-state index is 10.4. The van der Waals surface area contributed by atoms with Gasteiger partial charge < -0.3 is 14.7 Å². The van der Waals surface area contributed by atoms with Crippen LogP contribution in [0.15, 0.2) is 18.5 Å². The van der Waals surface area contributed by atoms with Gasteiger partial charge in [-0.1, -0.05) is 0 Å². The molecule has 18 heavy (non-hydrogen) atoms. The molecule has 0 aromatic carbocycles. The summed E-state index contributed by atoms with van der Waals surface area (Å²) in [5.41, 5.74) is 0.850. The summed E-state index contributed by atoms with van der Waals surface area (Å²) in [4.78, 5) is 16.4. The Balaban J connectivity index is 2.00. The Hall–Kier alpha value is -2.13. The number of carboxylic acids is 1. The summed E-state index contributed by atoms with van der Waals surface area (Å²) >= 11 is 0. The second-order valence-electron chi connectivity index (χ2n) is 4.49. The second-order valence-corrected chi connectivity index (χ2v) is 4.49. The minimum Gasteiger partial charge on any atom is -0.480 e. The van der Waals surface area contributed by atoms with Crippen LogP contribution in [-0.2, 0) is 9.53 Å². The van der Waals surface area contributed by atoms with Crippen molar-refractivity contribution in [2.45, 2.75) is 12.5 Å². The molecule has 0 aliphatic carbocycles. The van der Waals surface area contributed by atoms with Gasteiger partial charge in [0, 0.05) is 19.3 Å². The molecule has 2 heterocycles. The van der Waals surface area contributed by atoms with E-state index in [4.69, 9.17) is 15.1 Å². The lowest BCUT2D eigenvalue weighted by Crippen LogP contribution is -2.62. The summed E-state index contributed by atoms with van der Waals surface area (Å²) in [5, 5.41) is 17.5. The smallest absolute Gasteiger partial charge is 0.329 e. The number of carbonyl (C=O) groups is 1. The molecule has 1 fully saturated rings. The summed E-state index contributed by atoms with van der Waals surface area (Å²) in [6, 6.07) is 3.76. The van der Waals surface area contributed by atoms with Crippen molar-refractivity contribution in [3.63, 3.8) is 0 Å². The van der Waals surface area contributed by atoms with Crippen molar-refractivity contribution < 1.29 is 14.6 Å². The third-order valence-corrected chi connectivity index (χ3v) is 2.86. The fourth-order valence-corrected chi connectivity index (χ4v) is 1.99. The van der Waals surface area contributed by atoms with Crippen LogP contribution in [0.4, 0.5) is 5.69 Å². The molecule has 1 saturated heterocycles. The minimum atomic E-state index is -0.978. The molecule has 6 nitrogen and oxygen atoms in total. The predicted molar refractivity (Wildman–Crippen MR) is 63.2 cm³/mol. The topological polar surface area (TPSA) is 86.5 Å². The van der Waals surface area contributed by atoms with E-state index in [1.165, 1.54) is 0 Å². The number of hydrogen-bond donors (Lipinski definition) is 1. The number of carboxylic acid groups (broad SMARTS) is 1. The van der Waals surface area contributed by atoms with Crippen LogP contribution in [0.1, 0.15) is 12.5 Å². The van der Waals surface area contributed by atoms with E-state index in [2.05, 4.69) is 11.1 Å². The van der Waals surface area contributed by atoms with Gasteiger partial charge in [0.15, 0.2) is 0 Å². The molecular weight excluding hydrogens is 234 g/mol. The largest absolute Gasteiger partial charge is 0.480 e. The zero-order valence-corrected chi connectivity index (χ0v) is 9.96. The maximum absolute atomic E-state index is 10.4. The molecular formula is C12H13N3O3. The van der Waals surface area contributed by atoms with Gasteiger partial charge in [0.05, 0.1) is 17.4 Å². The maximum Gasteiger partial charge on any atom is 0.329 e. The Morgan fingerprint density at radius 2 is 2.44 bits per heavy atom.